The number of nitrogens with one attached hydrogen (secondary N) is 1. The Morgan fingerprint density at radius 3 is 2.86 bits per heavy atom. The number of nitrogens with zero attached hydrogens (tertiary/aromatic N) is 1. The number of hydrogen-bond donors (Lipinski definition) is 2. The van der Waals surface area contributed by atoms with Gasteiger partial charge in [0.1, 0.15) is 0 Å². The number of rotatable bonds is 4. The predicted octanol–water partition coefficient (Wildman–Crippen LogP) is 3.22. The van der Waals surface area contributed by atoms with Crippen molar-refractivity contribution in [1.29, 1.82) is 5.26 Å². The Morgan fingerprint density at radius 1 is 1.18 bits per heavy atom. The number of aryl methyl sites for hydroxylation is 1. The summed E-state index contributed by atoms with van der Waals surface area (Å²) in [5.41, 5.74) is 5.32. The third-order valence-corrected chi connectivity index (χ3v) is 4.41. The first-order valence-electron chi connectivity index (χ1n) is 7.76. The first-order chi connectivity index (χ1) is 10.8. The summed E-state index contributed by atoms with van der Waals surface area (Å²) in [6, 6.07) is 16.6. The van der Waals surface area contributed by atoms with Crippen molar-refractivity contribution in [3.05, 3.63) is 70.3 Å². The molecular weight excluding hydrogens is 272 g/mol. The molecule has 0 radical (unpaired) electrons. The Labute approximate surface area is 131 Å². The molecule has 112 valence electrons. The van der Waals surface area contributed by atoms with Gasteiger partial charge in [0.2, 0.25) is 0 Å². The van der Waals surface area contributed by atoms with Crippen LogP contribution in [0.4, 0.5) is 0 Å². The highest BCUT2D eigenvalue weighted by Gasteiger charge is 2.19. The summed E-state index contributed by atoms with van der Waals surface area (Å²) in [5, 5.41) is 22.1. The molecule has 0 saturated heterocycles. The maximum absolute atomic E-state index is 9.50. The minimum absolute atomic E-state index is 0.0339. The Morgan fingerprint density at radius 2 is 2.05 bits per heavy atom. The number of aliphatic hydroxyl groups is 1. The van der Waals surface area contributed by atoms with Crippen molar-refractivity contribution in [2.75, 3.05) is 0 Å². The van der Waals surface area contributed by atoms with Crippen molar-refractivity contribution < 1.29 is 5.11 Å². The van der Waals surface area contributed by atoms with Crippen LogP contribution in [0.25, 0.3) is 0 Å². The summed E-state index contributed by atoms with van der Waals surface area (Å²) in [6.45, 7) is 0.675. The second-order valence-electron chi connectivity index (χ2n) is 5.78. The molecule has 0 aliphatic heterocycles. The topological polar surface area (TPSA) is 56.0 Å². The van der Waals surface area contributed by atoms with E-state index in [4.69, 9.17) is 5.26 Å². The van der Waals surface area contributed by atoms with Gasteiger partial charge in [-0.1, -0.05) is 30.3 Å². The average molecular weight is 292 g/mol. The molecule has 1 unspecified atom stereocenters. The summed E-state index contributed by atoms with van der Waals surface area (Å²) < 4.78 is 0. The first-order valence-corrected chi connectivity index (χ1v) is 7.76. The fourth-order valence-electron chi connectivity index (χ4n) is 3.21. The molecule has 3 heteroatoms. The summed E-state index contributed by atoms with van der Waals surface area (Å²) in [5.74, 6) is 0. The summed E-state index contributed by atoms with van der Waals surface area (Å²) in [7, 11) is 0. The smallest absolute Gasteiger partial charge is 0.0991 e. The maximum Gasteiger partial charge on any atom is 0.0991 e. The molecule has 0 fully saturated rings. The molecule has 1 aliphatic carbocycles. The molecule has 22 heavy (non-hydrogen) atoms. The van der Waals surface area contributed by atoms with Gasteiger partial charge < -0.3 is 10.4 Å². The van der Waals surface area contributed by atoms with Gasteiger partial charge in [-0.25, -0.2) is 0 Å². The molecule has 1 atom stereocenters. The molecule has 3 rings (SSSR count). The Hall–Kier alpha value is -2.15. The zero-order valence-corrected chi connectivity index (χ0v) is 12.5. The maximum atomic E-state index is 9.50. The zero-order valence-electron chi connectivity index (χ0n) is 12.5. The Balaban J connectivity index is 1.75. The summed E-state index contributed by atoms with van der Waals surface area (Å²) >= 11 is 0. The van der Waals surface area contributed by atoms with Crippen molar-refractivity contribution in [1.82, 2.24) is 5.32 Å². The Bertz CT molecular complexity index is 703. The van der Waals surface area contributed by atoms with Crippen LogP contribution in [0, 0.1) is 11.3 Å². The van der Waals surface area contributed by atoms with Crippen molar-refractivity contribution in [2.45, 2.75) is 38.5 Å². The van der Waals surface area contributed by atoms with Crippen LogP contribution in [-0.2, 0) is 19.6 Å². The second kappa shape index (κ2) is 6.74. The van der Waals surface area contributed by atoms with Gasteiger partial charge in [-0.05, 0) is 53.6 Å². The lowest BCUT2D eigenvalue weighted by Gasteiger charge is -2.27. The largest absolute Gasteiger partial charge is 0.392 e. The standard InChI is InChI=1S/C19H20N2O/c20-11-14-8-9-16(17(10-14)13-22)12-21-19-7-3-5-15-4-1-2-6-18(15)19/h1-2,4,6,8-10,19,21-22H,3,5,7,12-13H2. The van der Waals surface area contributed by atoms with Gasteiger partial charge in [0, 0.05) is 12.6 Å². The molecule has 2 N–H and O–H groups in total. The van der Waals surface area contributed by atoms with E-state index in [1.807, 2.05) is 12.1 Å². The van der Waals surface area contributed by atoms with Crippen LogP contribution < -0.4 is 5.32 Å². The highest BCUT2D eigenvalue weighted by Crippen LogP contribution is 2.29. The molecule has 0 aromatic heterocycles. The van der Waals surface area contributed by atoms with Crippen molar-refractivity contribution in [3.8, 4) is 6.07 Å². The number of fused-ring (bicyclic) bond motifs is 1. The van der Waals surface area contributed by atoms with Crippen LogP contribution in [0.2, 0.25) is 0 Å². The first kappa shape index (κ1) is 14.8. The van der Waals surface area contributed by atoms with E-state index in [-0.39, 0.29) is 6.61 Å². The van der Waals surface area contributed by atoms with Gasteiger partial charge in [-0.15, -0.1) is 0 Å². The minimum atomic E-state index is -0.0339. The number of hydrogen-bond acceptors (Lipinski definition) is 3. The van der Waals surface area contributed by atoms with Gasteiger partial charge in [-0.2, -0.15) is 5.26 Å². The lowest BCUT2D eigenvalue weighted by Crippen LogP contribution is -2.25. The fourth-order valence-corrected chi connectivity index (χ4v) is 3.21. The van der Waals surface area contributed by atoms with Gasteiger partial charge in [0.05, 0.1) is 18.2 Å². The molecule has 0 heterocycles. The highest BCUT2D eigenvalue weighted by atomic mass is 16.3. The summed E-state index contributed by atoms with van der Waals surface area (Å²) in [6.07, 6.45) is 3.50. The van der Waals surface area contributed by atoms with Crippen molar-refractivity contribution in [2.24, 2.45) is 0 Å². The lowest BCUT2D eigenvalue weighted by molar-refractivity contribution is 0.280. The molecule has 0 amide bonds. The van der Waals surface area contributed by atoms with E-state index in [0.717, 1.165) is 24.0 Å². The molecule has 2 aromatic carbocycles. The molecule has 2 aromatic rings. The van der Waals surface area contributed by atoms with Crippen molar-refractivity contribution in [3.63, 3.8) is 0 Å². The second-order valence-corrected chi connectivity index (χ2v) is 5.78. The van der Waals surface area contributed by atoms with E-state index in [2.05, 4.69) is 35.7 Å². The normalized spacial score (nSPS) is 16.8. The predicted molar refractivity (Wildman–Crippen MR) is 86.0 cm³/mol. The Kier molecular flexibility index (Phi) is 4.53. The van der Waals surface area contributed by atoms with Crippen LogP contribution in [0.1, 0.15) is 46.7 Å². The van der Waals surface area contributed by atoms with E-state index in [1.54, 1.807) is 6.07 Å². The molecule has 0 bridgehead atoms. The quantitative estimate of drug-likeness (QED) is 0.909. The van der Waals surface area contributed by atoms with Crippen LogP contribution in [0.5, 0.6) is 0 Å². The monoisotopic (exact) mass is 292 g/mol. The summed E-state index contributed by atoms with van der Waals surface area (Å²) in [4.78, 5) is 0. The third-order valence-electron chi connectivity index (χ3n) is 4.41. The van der Waals surface area contributed by atoms with Crippen LogP contribution >= 0.6 is 0 Å². The number of aliphatic hydroxyl groups excluding tert-OH is 1. The number of nitriles is 1. The molecule has 1 aliphatic rings. The van der Waals surface area contributed by atoms with Crippen LogP contribution in [0.3, 0.4) is 0 Å². The van der Waals surface area contributed by atoms with Crippen LogP contribution in [0.15, 0.2) is 42.5 Å². The minimum Gasteiger partial charge on any atom is -0.392 e. The molecule has 0 spiro atoms. The van der Waals surface area contributed by atoms with Gasteiger partial charge >= 0.3 is 0 Å². The van der Waals surface area contributed by atoms with E-state index < -0.39 is 0 Å². The zero-order chi connectivity index (χ0) is 15.4. The average Bonchev–Trinajstić information content (AvgIpc) is 2.59. The van der Waals surface area contributed by atoms with Gasteiger partial charge in [0.15, 0.2) is 0 Å². The van der Waals surface area contributed by atoms with E-state index in [1.165, 1.54) is 17.5 Å². The molecular formula is C19H20N2O. The van der Waals surface area contributed by atoms with E-state index >= 15 is 0 Å². The molecule has 3 nitrogen and oxygen atoms in total. The SMILES string of the molecule is N#Cc1ccc(CNC2CCCc3ccccc32)c(CO)c1. The van der Waals surface area contributed by atoms with Crippen molar-refractivity contribution >= 4 is 0 Å². The van der Waals surface area contributed by atoms with Crippen LogP contribution in [-0.4, -0.2) is 5.11 Å². The number of benzene rings is 2. The highest BCUT2D eigenvalue weighted by molar-refractivity contribution is 5.38. The lowest BCUT2D eigenvalue weighted by atomic mass is 9.87. The van der Waals surface area contributed by atoms with E-state index in [9.17, 15) is 5.11 Å². The van der Waals surface area contributed by atoms with Gasteiger partial charge in [0.25, 0.3) is 0 Å². The van der Waals surface area contributed by atoms with E-state index in [0.29, 0.717) is 18.2 Å². The fraction of sp³-hybridized carbons (Fsp3) is 0.316. The molecule has 0 saturated carbocycles. The van der Waals surface area contributed by atoms with Gasteiger partial charge in [-0.3, -0.25) is 0 Å². The third kappa shape index (κ3) is 3.04.